The third kappa shape index (κ3) is 6.64. The average Bonchev–Trinajstić information content (AvgIpc) is 2.82. The van der Waals surface area contributed by atoms with E-state index in [4.69, 9.17) is 9.47 Å². The Bertz CT molecular complexity index is 834. The molecule has 0 unspecified atom stereocenters. The summed E-state index contributed by atoms with van der Waals surface area (Å²) in [6, 6.07) is 17.1. The van der Waals surface area contributed by atoms with Crippen molar-refractivity contribution in [3.8, 4) is 5.75 Å². The molecule has 7 nitrogen and oxygen atoms in total. The predicted octanol–water partition coefficient (Wildman–Crippen LogP) is 3.85. The van der Waals surface area contributed by atoms with Gasteiger partial charge < -0.3 is 25.4 Å². The van der Waals surface area contributed by atoms with Crippen LogP contribution in [0.4, 0.5) is 10.5 Å². The predicted molar refractivity (Wildman–Crippen MR) is 120 cm³/mol. The van der Waals surface area contributed by atoms with Gasteiger partial charge in [-0.05, 0) is 42.7 Å². The van der Waals surface area contributed by atoms with Crippen LogP contribution in [0.1, 0.15) is 37.7 Å². The topological polar surface area (TPSA) is 88.7 Å². The standard InChI is InChI=1S/C24H31N3O4/c1-30-21-12-10-20(11-13-21)25-16-17-26-22(28)24(14-6-3-7-15-24)27-23(29)31-18-19-8-4-2-5-9-19/h2,4-5,8-13,25H,3,6-7,14-18H2,1H3,(H,26,28)(H,27,29). The second kappa shape index (κ2) is 11.2. The first-order chi connectivity index (χ1) is 15.1. The molecule has 1 aliphatic carbocycles. The van der Waals surface area contributed by atoms with Gasteiger partial charge in [0.2, 0.25) is 5.91 Å². The summed E-state index contributed by atoms with van der Waals surface area (Å²) in [6.45, 7) is 1.20. The van der Waals surface area contributed by atoms with Gasteiger partial charge in [-0.2, -0.15) is 0 Å². The van der Waals surface area contributed by atoms with Gasteiger partial charge in [-0.1, -0.05) is 49.6 Å². The summed E-state index contributed by atoms with van der Waals surface area (Å²) in [4.78, 5) is 25.4. The molecule has 0 bridgehead atoms. The van der Waals surface area contributed by atoms with Crippen LogP contribution in [0.3, 0.4) is 0 Å². The van der Waals surface area contributed by atoms with Crippen LogP contribution in [-0.4, -0.2) is 37.7 Å². The Kier molecular flexibility index (Phi) is 8.15. The molecule has 7 heteroatoms. The highest BCUT2D eigenvalue weighted by molar-refractivity contribution is 5.90. The Balaban J connectivity index is 1.48. The zero-order valence-corrected chi connectivity index (χ0v) is 18.0. The number of rotatable bonds is 9. The molecule has 2 aromatic carbocycles. The van der Waals surface area contributed by atoms with E-state index in [0.29, 0.717) is 25.9 Å². The number of ether oxygens (including phenoxy) is 2. The molecule has 0 radical (unpaired) electrons. The average molecular weight is 426 g/mol. The molecular weight excluding hydrogens is 394 g/mol. The van der Waals surface area contributed by atoms with E-state index >= 15 is 0 Å². The first-order valence-corrected chi connectivity index (χ1v) is 10.8. The second-order valence-electron chi connectivity index (χ2n) is 7.74. The van der Waals surface area contributed by atoms with Crippen molar-refractivity contribution in [2.24, 2.45) is 0 Å². The summed E-state index contributed by atoms with van der Waals surface area (Å²) in [5.74, 6) is 0.642. The maximum absolute atomic E-state index is 13.0. The van der Waals surface area contributed by atoms with Crippen molar-refractivity contribution in [1.82, 2.24) is 10.6 Å². The molecule has 1 aliphatic rings. The first-order valence-electron chi connectivity index (χ1n) is 10.8. The van der Waals surface area contributed by atoms with Gasteiger partial charge >= 0.3 is 6.09 Å². The van der Waals surface area contributed by atoms with Crippen molar-refractivity contribution in [2.45, 2.75) is 44.2 Å². The number of methoxy groups -OCH3 is 1. The number of alkyl carbamates (subject to hydrolysis) is 1. The SMILES string of the molecule is COc1ccc(NCCNC(=O)C2(NC(=O)OCc3ccccc3)CCCCC2)cc1. The lowest BCUT2D eigenvalue weighted by Crippen LogP contribution is -2.60. The van der Waals surface area contributed by atoms with Gasteiger partial charge in [-0.15, -0.1) is 0 Å². The van der Waals surface area contributed by atoms with Crippen LogP contribution in [0.5, 0.6) is 5.75 Å². The summed E-state index contributed by atoms with van der Waals surface area (Å²) < 4.78 is 10.5. The number of amides is 2. The summed E-state index contributed by atoms with van der Waals surface area (Å²) in [7, 11) is 1.63. The minimum Gasteiger partial charge on any atom is -0.497 e. The zero-order valence-electron chi connectivity index (χ0n) is 18.0. The fourth-order valence-corrected chi connectivity index (χ4v) is 3.78. The molecule has 0 aliphatic heterocycles. The van der Waals surface area contributed by atoms with E-state index in [1.165, 1.54) is 0 Å². The fraction of sp³-hybridized carbons (Fsp3) is 0.417. The van der Waals surface area contributed by atoms with E-state index in [1.807, 2.05) is 54.6 Å². The lowest BCUT2D eigenvalue weighted by Gasteiger charge is -2.36. The molecule has 31 heavy (non-hydrogen) atoms. The van der Waals surface area contributed by atoms with E-state index in [0.717, 1.165) is 36.3 Å². The Hall–Kier alpha value is -3.22. The van der Waals surface area contributed by atoms with E-state index < -0.39 is 11.6 Å². The van der Waals surface area contributed by atoms with Crippen molar-refractivity contribution in [3.63, 3.8) is 0 Å². The van der Waals surface area contributed by atoms with Gasteiger partial charge in [-0.3, -0.25) is 4.79 Å². The normalized spacial score (nSPS) is 14.9. The van der Waals surface area contributed by atoms with Crippen molar-refractivity contribution in [2.75, 3.05) is 25.5 Å². The van der Waals surface area contributed by atoms with Crippen LogP contribution in [0.25, 0.3) is 0 Å². The molecule has 0 saturated heterocycles. The number of carbonyl (C=O) groups excluding carboxylic acids is 2. The Morgan fingerprint density at radius 1 is 0.935 bits per heavy atom. The molecular formula is C24H31N3O4. The Morgan fingerprint density at radius 2 is 1.65 bits per heavy atom. The summed E-state index contributed by atoms with van der Waals surface area (Å²) in [6.07, 6.45) is 3.54. The maximum atomic E-state index is 13.0. The fourth-order valence-electron chi connectivity index (χ4n) is 3.78. The molecule has 0 heterocycles. The Morgan fingerprint density at radius 3 is 2.32 bits per heavy atom. The molecule has 3 rings (SSSR count). The highest BCUT2D eigenvalue weighted by atomic mass is 16.5. The smallest absolute Gasteiger partial charge is 0.408 e. The third-order valence-corrected chi connectivity index (χ3v) is 5.53. The molecule has 1 saturated carbocycles. The van der Waals surface area contributed by atoms with Crippen LogP contribution in [0.2, 0.25) is 0 Å². The minimum absolute atomic E-state index is 0.152. The molecule has 166 valence electrons. The number of anilines is 1. The monoisotopic (exact) mass is 425 g/mol. The third-order valence-electron chi connectivity index (χ3n) is 5.53. The van der Waals surface area contributed by atoms with Crippen LogP contribution in [0.15, 0.2) is 54.6 Å². The van der Waals surface area contributed by atoms with Crippen LogP contribution < -0.4 is 20.7 Å². The molecule has 0 spiro atoms. The molecule has 3 N–H and O–H groups in total. The van der Waals surface area contributed by atoms with E-state index in [-0.39, 0.29) is 12.5 Å². The van der Waals surface area contributed by atoms with Gasteiger partial charge in [0.15, 0.2) is 0 Å². The molecule has 0 atom stereocenters. The van der Waals surface area contributed by atoms with Crippen molar-refractivity contribution in [1.29, 1.82) is 0 Å². The van der Waals surface area contributed by atoms with Crippen molar-refractivity contribution >= 4 is 17.7 Å². The summed E-state index contributed by atoms with van der Waals surface area (Å²) in [5.41, 5.74) is 0.945. The number of hydrogen-bond acceptors (Lipinski definition) is 5. The van der Waals surface area contributed by atoms with Crippen LogP contribution in [0, 0.1) is 0 Å². The first kappa shape index (κ1) is 22.5. The van der Waals surface area contributed by atoms with Gasteiger partial charge in [0.05, 0.1) is 7.11 Å². The summed E-state index contributed by atoms with van der Waals surface area (Å²) in [5, 5.41) is 9.10. The van der Waals surface area contributed by atoms with Gasteiger partial charge in [0.1, 0.15) is 17.9 Å². The van der Waals surface area contributed by atoms with E-state index in [2.05, 4.69) is 16.0 Å². The van der Waals surface area contributed by atoms with E-state index in [9.17, 15) is 9.59 Å². The molecule has 0 aromatic heterocycles. The molecule has 2 aromatic rings. The number of hydrogen-bond donors (Lipinski definition) is 3. The molecule has 2 amide bonds. The lowest BCUT2D eigenvalue weighted by molar-refractivity contribution is -0.128. The molecule has 1 fully saturated rings. The Labute approximate surface area is 183 Å². The lowest BCUT2D eigenvalue weighted by atomic mass is 9.81. The van der Waals surface area contributed by atoms with Gasteiger partial charge in [-0.25, -0.2) is 4.79 Å². The van der Waals surface area contributed by atoms with Gasteiger partial charge in [0, 0.05) is 18.8 Å². The highest BCUT2D eigenvalue weighted by Gasteiger charge is 2.41. The quantitative estimate of drug-likeness (QED) is 0.531. The number of benzene rings is 2. The van der Waals surface area contributed by atoms with Crippen LogP contribution >= 0.6 is 0 Å². The second-order valence-corrected chi connectivity index (χ2v) is 7.74. The minimum atomic E-state index is -0.911. The highest BCUT2D eigenvalue weighted by Crippen LogP contribution is 2.28. The van der Waals surface area contributed by atoms with Crippen molar-refractivity contribution in [3.05, 3.63) is 60.2 Å². The van der Waals surface area contributed by atoms with Crippen molar-refractivity contribution < 1.29 is 19.1 Å². The van der Waals surface area contributed by atoms with Crippen LogP contribution in [-0.2, 0) is 16.1 Å². The van der Waals surface area contributed by atoms with Gasteiger partial charge in [0.25, 0.3) is 0 Å². The van der Waals surface area contributed by atoms with E-state index in [1.54, 1.807) is 7.11 Å². The number of carbonyl (C=O) groups is 2. The largest absolute Gasteiger partial charge is 0.497 e. The zero-order chi connectivity index (χ0) is 21.9. The summed E-state index contributed by atoms with van der Waals surface area (Å²) >= 11 is 0. The maximum Gasteiger partial charge on any atom is 0.408 e. The number of nitrogens with one attached hydrogen (secondary N) is 3.